The molecule has 2 heterocycles. The van der Waals surface area contributed by atoms with E-state index >= 15 is 0 Å². The summed E-state index contributed by atoms with van der Waals surface area (Å²) in [5.41, 5.74) is 0.768. The fourth-order valence-corrected chi connectivity index (χ4v) is 3.71. The Morgan fingerprint density at radius 3 is 2.65 bits per heavy atom. The van der Waals surface area contributed by atoms with Crippen LogP contribution in [0.2, 0.25) is 0 Å². The quantitative estimate of drug-likeness (QED) is 0.751. The summed E-state index contributed by atoms with van der Waals surface area (Å²) in [7, 11) is 0. The van der Waals surface area contributed by atoms with Crippen LogP contribution in [-0.2, 0) is 4.79 Å². The number of nitrogens with one attached hydrogen (secondary N) is 3. The number of anilines is 1. The number of halogens is 1. The highest BCUT2D eigenvalue weighted by molar-refractivity contribution is 5.89. The van der Waals surface area contributed by atoms with E-state index in [1.165, 1.54) is 0 Å². The van der Waals surface area contributed by atoms with Crippen LogP contribution in [0.25, 0.3) is 0 Å². The van der Waals surface area contributed by atoms with E-state index < -0.39 is 0 Å². The molecule has 3 N–H and O–H groups in total. The number of benzene rings is 1. The maximum absolute atomic E-state index is 12.9. The van der Waals surface area contributed by atoms with Crippen molar-refractivity contribution in [1.82, 2.24) is 15.5 Å². The first-order valence-corrected chi connectivity index (χ1v) is 9.35. The Bertz CT molecular complexity index is 578. The summed E-state index contributed by atoms with van der Waals surface area (Å²) in [5, 5.41) is 9.07. The fourth-order valence-electron chi connectivity index (χ4n) is 3.71. The molecule has 1 aromatic carbocycles. The average Bonchev–Trinajstić information content (AvgIpc) is 2.67. The molecule has 2 fully saturated rings. The summed E-state index contributed by atoms with van der Waals surface area (Å²) in [6.07, 6.45) is 5.15. The second-order valence-corrected chi connectivity index (χ2v) is 6.93. The molecule has 6 nitrogen and oxygen atoms in total. The van der Waals surface area contributed by atoms with Crippen molar-refractivity contribution in [2.45, 2.75) is 38.1 Å². The molecule has 2 aliphatic rings. The van der Waals surface area contributed by atoms with E-state index in [4.69, 9.17) is 0 Å². The van der Waals surface area contributed by atoms with Crippen molar-refractivity contribution in [2.24, 2.45) is 5.92 Å². The third-order valence-corrected chi connectivity index (χ3v) is 5.09. The number of carbonyl (C=O) groups is 2. The minimum absolute atomic E-state index is 0. The highest BCUT2D eigenvalue weighted by Gasteiger charge is 2.32. The third-order valence-electron chi connectivity index (χ3n) is 5.09. The molecular formula is C19H29ClN4O2. The molecule has 1 aromatic rings. The number of likely N-dealkylation sites (tertiary alicyclic amines) is 1. The number of para-hydroxylation sites is 1. The van der Waals surface area contributed by atoms with Gasteiger partial charge in [-0.15, -0.1) is 12.4 Å². The topological polar surface area (TPSA) is 73.5 Å². The van der Waals surface area contributed by atoms with Crippen molar-refractivity contribution in [1.29, 1.82) is 0 Å². The molecule has 0 aliphatic carbocycles. The second-order valence-electron chi connectivity index (χ2n) is 6.93. The SMILES string of the molecule is Cl.O=C(NCC1CCCCN1C(=O)C1CCCNC1)Nc1ccccc1. The molecule has 7 heteroatoms. The summed E-state index contributed by atoms with van der Waals surface area (Å²) in [6, 6.07) is 9.27. The van der Waals surface area contributed by atoms with Crippen LogP contribution in [0.3, 0.4) is 0 Å². The number of rotatable bonds is 4. The largest absolute Gasteiger partial charge is 0.338 e. The summed E-state index contributed by atoms with van der Waals surface area (Å²) >= 11 is 0. The lowest BCUT2D eigenvalue weighted by atomic mass is 9.94. The summed E-state index contributed by atoms with van der Waals surface area (Å²) < 4.78 is 0. The number of piperidine rings is 2. The lowest BCUT2D eigenvalue weighted by Crippen LogP contribution is -2.53. The van der Waals surface area contributed by atoms with Crippen LogP contribution in [0.15, 0.2) is 30.3 Å². The maximum atomic E-state index is 12.9. The summed E-state index contributed by atoms with van der Waals surface area (Å²) in [5.74, 6) is 0.342. The van der Waals surface area contributed by atoms with Gasteiger partial charge in [-0.1, -0.05) is 18.2 Å². The van der Waals surface area contributed by atoms with E-state index in [0.29, 0.717) is 6.54 Å². The van der Waals surface area contributed by atoms with E-state index in [-0.39, 0.29) is 36.3 Å². The van der Waals surface area contributed by atoms with Crippen LogP contribution >= 0.6 is 12.4 Å². The third kappa shape index (κ3) is 5.61. The first-order chi connectivity index (χ1) is 12.2. The normalized spacial score (nSPS) is 22.8. The van der Waals surface area contributed by atoms with Crippen molar-refractivity contribution >= 4 is 30.0 Å². The van der Waals surface area contributed by atoms with Crippen LogP contribution in [0, 0.1) is 5.92 Å². The van der Waals surface area contributed by atoms with Gasteiger partial charge in [-0.2, -0.15) is 0 Å². The van der Waals surface area contributed by atoms with Gasteiger partial charge in [0, 0.05) is 31.4 Å². The van der Waals surface area contributed by atoms with Crippen molar-refractivity contribution in [3.8, 4) is 0 Å². The summed E-state index contributed by atoms with van der Waals surface area (Å²) in [6.45, 7) is 3.10. The Balaban J connectivity index is 0.00000243. The Morgan fingerprint density at radius 1 is 1.12 bits per heavy atom. The molecule has 3 rings (SSSR count). The zero-order valence-corrected chi connectivity index (χ0v) is 15.9. The lowest BCUT2D eigenvalue weighted by molar-refractivity contribution is -0.139. The number of carbonyl (C=O) groups excluding carboxylic acids is 2. The van der Waals surface area contributed by atoms with Gasteiger partial charge in [-0.05, 0) is 50.8 Å². The zero-order valence-electron chi connectivity index (χ0n) is 15.1. The van der Waals surface area contributed by atoms with Crippen molar-refractivity contribution in [3.05, 3.63) is 30.3 Å². The molecule has 0 bridgehead atoms. The highest BCUT2D eigenvalue weighted by Crippen LogP contribution is 2.22. The van der Waals surface area contributed by atoms with Gasteiger partial charge in [0.15, 0.2) is 0 Å². The molecule has 2 unspecified atom stereocenters. The molecule has 0 aromatic heterocycles. The number of nitrogens with zero attached hydrogens (tertiary/aromatic N) is 1. The molecule has 0 radical (unpaired) electrons. The maximum Gasteiger partial charge on any atom is 0.319 e. The Kier molecular flexibility index (Phi) is 8.19. The minimum atomic E-state index is -0.219. The monoisotopic (exact) mass is 380 g/mol. The number of urea groups is 1. The van der Waals surface area contributed by atoms with Gasteiger partial charge >= 0.3 is 6.03 Å². The Labute approximate surface area is 161 Å². The van der Waals surface area contributed by atoms with Crippen molar-refractivity contribution in [3.63, 3.8) is 0 Å². The van der Waals surface area contributed by atoms with E-state index in [9.17, 15) is 9.59 Å². The Hall–Kier alpha value is -1.79. The van der Waals surface area contributed by atoms with Gasteiger partial charge in [0.05, 0.1) is 5.92 Å². The zero-order chi connectivity index (χ0) is 17.5. The predicted octanol–water partition coefficient (Wildman–Crippen LogP) is 2.61. The van der Waals surface area contributed by atoms with Gasteiger partial charge in [0.2, 0.25) is 5.91 Å². The number of hydrogen-bond donors (Lipinski definition) is 3. The van der Waals surface area contributed by atoms with Gasteiger partial charge in [0.1, 0.15) is 0 Å². The van der Waals surface area contributed by atoms with Crippen molar-refractivity contribution in [2.75, 3.05) is 31.5 Å². The molecule has 2 saturated heterocycles. The van der Waals surface area contributed by atoms with Crippen LogP contribution in [0.5, 0.6) is 0 Å². The second kappa shape index (κ2) is 10.4. The molecule has 26 heavy (non-hydrogen) atoms. The fraction of sp³-hybridized carbons (Fsp3) is 0.579. The van der Waals surface area contributed by atoms with E-state index in [1.807, 2.05) is 35.2 Å². The van der Waals surface area contributed by atoms with Gasteiger partial charge < -0.3 is 20.9 Å². The highest BCUT2D eigenvalue weighted by atomic mass is 35.5. The lowest BCUT2D eigenvalue weighted by Gasteiger charge is -2.38. The van der Waals surface area contributed by atoms with E-state index in [1.54, 1.807) is 0 Å². The van der Waals surface area contributed by atoms with E-state index in [2.05, 4.69) is 16.0 Å². The Morgan fingerprint density at radius 2 is 1.92 bits per heavy atom. The minimum Gasteiger partial charge on any atom is -0.338 e. The standard InChI is InChI=1S/C19H28N4O2.ClH/c24-18(15-7-6-11-20-13-15)23-12-5-4-10-17(23)14-21-19(25)22-16-8-2-1-3-9-16;/h1-3,8-9,15,17,20H,4-7,10-14H2,(H2,21,22,25);1H. The molecule has 3 amide bonds. The van der Waals surface area contributed by atoms with Crippen LogP contribution in [0.4, 0.5) is 10.5 Å². The molecule has 0 spiro atoms. The van der Waals surface area contributed by atoms with Crippen molar-refractivity contribution < 1.29 is 9.59 Å². The first-order valence-electron chi connectivity index (χ1n) is 9.35. The molecule has 0 saturated carbocycles. The average molecular weight is 381 g/mol. The van der Waals surface area contributed by atoms with Crippen LogP contribution < -0.4 is 16.0 Å². The number of amides is 3. The van der Waals surface area contributed by atoms with Gasteiger partial charge in [-0.3, -0.25) is 4.79 Å². The molecule has 144 valence electrons. The summed E-state index contributed by atoms with van der Waals surface area (Å²) in [4.78, 5) is 27.0. The van der Waals surface area contributed by atoms with E-state index in [0.717, 1.165) is 57.4 Å². The first kappa shape index (κ1) is 20.5. The van der Waals surface area contributed by atoms with Gasteiger partial charge in [0.25, 0.3) is 0 Å². The number of hydrogen-bond acceptors (Lipinski definition) is 3. The van der Waals surface area contributed by atoms with Crippen LogP contribution in [-0.4, -0.2) is 49.1 Å². The molecule has 2 aliphatic heterocycles. The van der Waals surface area contributed by atoms with Crippen LogP contribution in [0.1, 0.15) is 32.1 Å². The van der Waals surface area contributed by atoms with Gasteiger partial charge in [-0.25, -0.2) is 4.79 Å². The predicted molar refractivity (Wildman–Crippen MR) is 106 cm³/mol. The molecule has 2 atom stereocenters. The smallest absolute Gasteiger partial charge is 0.319 e. The molecular weight excluding hydrogens is 352 g/mol.